The molecule has 10 aromatic heterocycles. The molecule has 17 nitrogen and oxygen atoms in total. The maximum Gasteiger partial charge on any atom is 0.373 e. The summed E-state index contributed by atoms with van der Waals surface area (Å²) in [6, 6.07) is 64.1. The third-order valence-corrected chi connectivity index (χ3v) is 25.7. The number of halogens is 2. The lowest BCUT2D eigenvalue weighted by Crippen LogP contribution is -2.08. The number of fused-ring (bicyclic) bond motifs is 25. The molecule has 0 atom stereocenters. The summed E-state index contributed by atoms with van der Waals surface area (Å²) < 4.78 is 26.6. The fourth-order valence-corrected chi connectivity index (χ4v) is 20.2. The topological polar surface area (TPSA) is 257 Å². The third kappa shape index (κ3) is 14.7. The fraction of sp³-hybridized carbons (Fsp3) is 0.210. The van der Waals surface area contributed by atoms with Crippen molar-refractivity contribution in [3.63, 3.8) is 0 Å². The van der Waals surface area contributed by atoms with Gasteiger partial charge in [0.05, 0.1) is 79.3 Å². The van der Waals surface area contributed by atoms with Crippen LogP contribution in [0.4, 0.5) is 8.78 Å². The van der Waals surface area contributed by atoms with Crippen molar-refractivity contribution >= 4 is 115 Å². The monoisotopic (exact) mass is 1630 g/mol. The summed E-state index contributed by atoms with van der Waals surface area (Å²) in [6.45, 7) is 4.19. The van der Waals surface area contributed by atoms with E-state index in [4.69, 9.17) is 29.5 Å². The second kappa shape index (κ2) is 33.5. The molecule has 0 saturated heterocycles. The zero-order valence-electron chi connectivity index (χ0n) is 69.0. The number of benzene rings is 10. The number of aromatic amines is 5. The first kappa shape index (κ1) is 78.1. The number of hydrogen-bond donors (Lipinski definition) is 7. The molecule has 19 heteroatoms. The van der Waals surface area contributed by atoms with Gasteiger partial charge in [-0.05, 0) is 373 Å². The van der Waals surface area contributed by atoms with Crippen molar-refractivity contribution in [3.8, 4) is 67.8 Å². The molecule has 0 aliphatic heterocycles. The van der Waals surface area contributed by atoms with E-state index in [0.717, 1.165) is 176 Å². The quantitative estimate of drug-likeness (QED) is 0.0849. The molecule has 612 valence electrons. The Morgan fingerprint density at radius 1 is 0.323 bits per heavy atom. The second-order valence-corrected chi connectivity index (χ2v) is 33.2. The number of nitrogens with one attached hydrogen (secondary N) is 5. The largest absolute Gasteiger partial charge is 0.508 e. The van der Waals surface area contributed by atoms with E-state index in [1.54, 1.807) is 24.3 Å². The number of hydrogen-bond acceptors (Lipinski definition) is 12. The summed E-state index contributed by atoms with van der Waals surface area (Å²) in [4.78, 5) is 47.9. The highest BCUT2D eigenvalue weighted by Crippen LogP contribution is 2.45. The summed E-state index contributed by atoms with van der Waals surface area (Å²) in [5.74, 6) is 0.170. The van der Waals surface area contributed by atoms with E-state index in [1.165, 1.54) is 209 Å². The van der Waals surface area contributed by atoms with Crippen LogP contribution in [0, 0.1) is 25.5 Å². The third-order valence-electron chi connectivity index (χ3n) is 25.7. The van der Waals surface area contributed by atoms with E-state index in [9.17, 15) is 19.0 Å². The molecule has 0 unspecified atom stereocenters. The Kier molecular flexibility index (Phi) is 21.1. The molecule has 124 heavy (non-hydrogen) atoms. The minimum absolute atomic E-state index is 0.196. The first-order chi connectivity index (χ1) is 60.9. The van der Waals surface area contributed by atoms with Crippen LogP contribution in [0.5, 0.6) is 11.5 Å². The van der Waals surface area contributed by atoms with Crippen LogP contribution in [0.3, 0.4) is 0 Å². The molecule has 5 aliphatic carbocycles. The molecule has 7 N–H and O–H groups in total. The van der Waals surface area contributed by atoms with E-state index in [0.29, 0.717) is 5.75 Å². The molecule has 0 bridgehead atoms. The van der Waals surface area contributed by atoms with Gasteiger partial charge in [0.25, 0.3) is 0 Å². The van der Waals surface area contributed by atoms with Crippen molar-refractivity contribution in [2.45, 2.75) is 142 Å². The molecule has 10 aromatic carbocycles. The van der Waals surface area contributed by atoms with Crippen LogP contribution in [0.15, 0.2) is 219 Å². The Morgan fingerprint density at radius 3 is 1.18 bits per heavy atom. The smallest absolute Gasteiger partial charge is 0.373 e. The van der Waals surface area contributed by atoms with Gasteiger partial charge in [-0.25, -0.2) is 28.7 Å². The minimum Gasteiger partial charge on any atom is -0.508 e. The lowest BCUT2D eigenvalue weighted by molar-refractivity contribution is -0.191. The molecule has 0 radical (unpaired) electrons. The van der Waals surface area contributed by atoms with Crippen LogP contribution in [-0.2, 0) is 73.8 Å². The standard InChI is InChI=1S/C22H20N2O.C21H17FN2.C21H19N3O.C20H16FN3.C20H17N3.CO2/c1-13-12-18-19(23-13)10-11-20-21(18)16-4-2-3-5-17(16)22(24-20)14-6-8-15(25)9-7-14;22-14-7-5-13(6-8-14)21-16-4-2-1-3-15(16)20-17-11-12-23-18(17)9-10-19(20)24-21;1-12-19-18(24-23-12)11-10-17-20(19)15-4-2-3-5-16(15)21(22-17)13-6-8-14(25)9-7-13;21-13-7-5-12(6-8-13)20-15-4-2-1-3-14(15)19-16-11-22-24-17(16)9-10-18(19)23-20;1-2-6-13(7-3-1)20-15-9-5-4-8-14(15)19-16-12-21-23-17(16)10-11-18(19)22-20;2-1-3/h6-12,23,25H,2-5H2,1H3;5-12,24H,1-4H2;6-11,25H,2-5H2,1H3,(H,23,24);5-11H,1-4H2,(H,22,24);1-3,6-7,10-12H,4-5,8-9H2,(H,21,23);. The summed E-state index contributed by atoms with van der Waals surface area (Å²) in [6.07, 6.45) is 29.0. The van der Waals surface area contributed by atoms with Gasteiger partial charge in [0, 0.05) is 110 Å². The average Bonchev–Trinajstić information content (AvgIpc) is 1.27. The number of rotatable bonds is 5. The van der Waals surface area contributed by atoms with Crippen molar-refractivity contribution in [3.05, 3.63) is 297 Å². The lowest BCUT2D eigenvalue weighted by Gasteiger charge is -2.22. The molecule has 0 spiro atoms. The first-order valence-corrected chi connectivity index (χ1v) is 43.2. The molecule has 10 heterocycles. The van der Waals surface area contributed by atoms with Crippen LogP contribution in [0.2, 0.25) is 0 Å². The molecule has 20 aromatic rings. The zero-order valence-corrected chi connectivity index (χ0v) is 69.0. The number of aromatic hydroxyl groups is 2. The van der Waals surface area contributed by atoms with Gasteiger partial charge < -0.3 is 20.2 Å². The van der Waals surface area contributed by atoms with Gasteiger partial charge in [-0.2, -0.15) is 24.9 Å². The van der Waals surface area contributed by atoms with E-state index < -0.39 is 0 Å². The Morgan fingerprint density at radius 2 is 0.694 bits per heavy atom. The number of H-pyrrole nitrogens is 5. The van der Waals surface area contributed by atoms with E-state index >= 15 is 0 Å². The van der Waals surface area contributed by atoms with E-state index in [-0.39, 0.29) is 23.5 Å². The van der Waals surface area contributed by atoms with E-state index in [2.05, 4.69) is 150 Å². The Balaban J connectivity index is 0.0000000974. The Labute approximate surface area is 712 Å². The van der Waals surface area contributed by atoms with Crippen LogP contribution < -0.4 is 0 Å². The molecule has 0 amide bonds. The number of aryl methyl sites for hydroxylation is 7. The van der Waals surface area contributed by atoms with Crippen molar-refractivity contribution in [2.24, 2.45) is 0 Å². The van der Waals surface area contributed by atoms with Gasteiger partial charge >= 0.3 is 6.15 Å². The number of aromatic nitrogens is 13. The molecular formula is C105H89F2N13O4. The van der Waals surface area contributed by atoms with Crippen molar-refractivity contribution in [2.75, 3.05) is 0 Å². The predicted octanol–water partition coefficient (Wildman–Crippen LogP) is 24.2. The number of carbonyl (C=O) groups excluding carboxylic acids is 2. The van der Waals surface area contributed by atoms with Gasteiger partial charge in [0.1, 0.15) is 23.1 Å². The van der Waals surface area contributed by atoms with Crippen LogP contribution >= 0.6 is 0 Å². The number of nitrogens with zero attached hydrogens (tertiary/aromatic N) is 8. The summed E-state index contributed by atoms with van der Waals surface area (Å²) in [5, 5.41) is 53.8. The normalized spacial score (nSPS) is 13.9. The molecule has 25 rings (SSSR count). The van der Waals surface area contributed by atoms with Gasteiger partial charge in [0.2, 0.25) is 0 Å². The minimum atomic E-state index is -0.214. The number of pyridine rings is 5. The van der Waals surface area contributed by atoms with Gasteiger partial charge in [0.15, 0.2) is 0 Å². The van der Waals surface area contributed by atoms with Crippen LogP contribution in [0.1, 0.15) is 131 Å². The highest BCUT2D eigenvalue weighted by molar-refractivity contribution is 6.13. The molecule has 0 fully saturated rings. The zero-order chi connectivity index (χ0) is 84.1. The maximum absolute atomic E-state index is 13.3. The molecular weight excluding hydrogens is 1550 g/mol. The average molecular weight is 1630 g/mol. The molecule has 0 saturated carbocycles. The Hall–Kier alpha value is -14.4. The van der Waals surface area contributed by atoms with Gasteiger partial charge in [-0.15, -0.1) is 0 Å². The highest BCUT2D eigenvalue weighted by Gasteiger charge is 2.28. The summed E-state index contributed by atoms with van der Waals surface area (Å²) >= 11 is 0. The van der Waals surface area contributed by atoms with Crippen molar-refractivity contribution in [1.29, 1.82) is 0 Å². The molecule has 5 aliphatic rings. The summed E-state index contributed by atoms with van der Waals surface area (Å²) in [5.41, 5.74) is 37.9. The van der Waals surface area contributed by atoms with Crippen molar-refractivity contribution < 1.29 is 28.6 Å². The second-order valence-electron chi connectivity index (χ2n) is 33.2. The first-order valence-electron chi connectivity index (χ1n) is 43.2. The number of phenolic OH excluding ortho intramolecular Hbond substituents is 2. The fourth-order valence-electron chi connectivity index (χ4n) is 20.2. The SMILES string of the molecule is Cc1[nH]nc2ccc3nc(-c4ccc(O)cc4)c4c(c3c12)CCCC4.Cc1cc2c(ccc3nc(-c4ccc(O)cc4)c4c(c32)CCCC4)[nH]1.Fc1ccc(-c2[nH]c3ccc4nccc4c3c3c2CCCC3)cc1.Fc1ccc(-c2nc3ccc4[nH]ncc4c3c3c2CCCC3)cc1.O=C=O.c1ccc(-c2nc3ccc4[nH]ncc4c3c3c2CCCC3)cc1. The van der Waals surface area contributed by atoms with E-state index in [1.807, 2.05) is 79.3 Å². The van der Waals surface area contributed by atoms with Gasteiger partial charge in [-0.3, -0.25) is 20.3 Å². The van der Waals surface area contributed by atoms with Crippen LogP contribution in [-0.4, -0.2) is 81.8 Å². The Bertz CT molecular complexity index is 7350. The van der Waals surface area contributed by atoms with Gasteiger partial charge in [-0.1, -0.05) is 30.3 Å². The number of phenols is 2. The maximum atomic E-state index is 13.3. The lowest BCUT2D eigenvalue weighted by atomic mass is 9.85. The highest BCUT2D eigenvalue weighted by atomic mass is 19.1. The summed E-state index contributed by atoms with van der Waals surface area (Å²) in [7, 11) is 0. The van der Waals surface area contributed by atoms with Crippen LogP contribution in [0.25, 0.3) is 165 Å². The van der Waals surface area contributed by atoms with Crippen molar-refractivity contribution in [1.82, 2.24) is 65.5 Å². The predicted molar refractivity (Wildman–Crippen MR) is 490 cm³/mol.